The van der Waals surface area contributed by atoms with E-state index in [9.17, 15) is 8.42 Å². The van der Waals surface area contributed by atoms with Crippen molar-refractivity contribution < 1.29 is 12.8 Å². The second-order valence-electron chi connectivity index (χ2n) is 5.08. The van der Waals surface area contributed by atoms with Crippen molar-refractivity contribution >= 4 is 10.0 Å². The lowest BCUT2D eigenvalue weighted by Crippen LogP contribution is -2.34. The largest absolute Gasteiger partial charge is 0.464 e. The van der Waals surface area contributed by atoms with Gasteiger partial charge < -0.3 is 9.73 Å². The zero-order valence-corrected chi connectivity index (χ0v) is 13.1. The van der Waals surface area contributed by atoms with Crippen molar-refractivity contribution in [2.24, 2.45) is 0 Å². The quantitative estimate of drug-likeness (QED) is 0.845. The molecular weight excluding hydrogens is 276 g/mol. The van der Waals surface area contributed by atoms with Gasteiger partial charge in [-0.25, -0.2) is 8.42 Å². The molecule has 1 aromatic rings. The van der Waals surface area contributed by atoms with Crippen LogP contribution in [0.25, 0.3) is 0 Å². The van der Waals surface area contributed by atoms with Crippen LogP contribution < -0.4 is 5.32 Å². The number of rotatable bonds is 5. The van der Waals surface area contributed by atoms with Crippen LogP contribution in [0.15, 0.2) is 27.0 Å². The lowest BCUT2D eigenvalue weighted by atomic mass is 10.1. The van der Waals surface area contributed by atoms with E-state index in [1.807, 2.05) is 19.9 Å². The molecule has 5 nitrogen and oxygen atoms in total. The minimum Gasteiger partial charge on any atom is -0.464 e. The molecule has 112 valence electrons. The third kappa shape index (κ3) is 3.13. The average molecular weight is 298 g/mol. The molecule has 0 atom stereocenters. The molecule has 0 bridgehead atoms. The van der Waals surface area contributed by atoms with E-state index in [0.717, 1.165) is 13.0 Å². The smallest absolute Gasteiger partial charge is 0.246 e. The van der Waals surface area contributed by atoms with Crippen molar-refractivity contribution in [2.45, 2.75) is 38.6 Å². The van der Waals surface area contributed by atoms with Crippen molar-refractivity contribution in [1.82, 2.24) is 9.62 Å². The van der Waals surface area contributed by atoms with Crippen molar-refractivity contribution in [1.29, 1.82) is 0 Å². The van der Waals surface area contributed by atoms with Gasteiger partial charge in [-0.05, 0) is 26.8 Å². The van der Waals surface area contributed by atoms with Gasteiger partial charge >= 0.3 is 0 Å². The second-order valence-corrected chi connectivity index (χ2v) is 6.98. The van der Waals surface area contributed by atoms with Gasteiger partial charge in [0.2, 0.25) is 10.0 Å². The van der Waals surface area contributed by atoms with Crippen LogP contribution in [0.2, 0.25) is 0 Å². The van der Waals surface area contributed by atoms with Gasteiger partial charge in [-0.3, -0.25) is 0 Å². The third-order valence-electron chi connectivity index (χ3n) is 3.49. The standard InChI is InChI=1S/C14H22N2O3S/c1-4-15-10-13-9-14(12(3)19-13)20(17,18)16-7-5-11(2)6-8-16/h5,9,15H,4,6-8,10H2,1-3H3. The number of hydrogen-bond donors (Lipinski definition) is 1. The van der Waals surface area contributed by atoms with E-state index in [4.69, 9.17) is 4.42 Å². The number of nitrogens with one attached hydrogen (secondary N) is 1. The molecule has 20 heavy (non-hydrogen) atoms. The maximum absolute atomic E-state index is 12.6. The topological polar surface area (TPSA) is 62.6 Å². The molecule has 1 aromatic heterocycles. The molecule has 2 rings (SSSR count). The predicted octanol–water partition coefficient (Wildman–Crippen LogP) is 2.04. The predicted molar refractivity (Wildman–Crippen MR) is 78.0 cm³/mol. The van der Waals surface area contributed by atoms with Crippen LogP contribution in [-0.2, 0) is 16.6 Å². The summed E-state index contributed by atoms with van der Waals surface area (Å²) >= 11 is 0. The van der Waals surface area contributed by atoms with Crippen LogP contribution in [0.4, 0.5) is 0 Å². The first kappa shape index (κ1) is 15.3. The molecule has 6 heteroatoms. The number of hydrogen-bond acceptors (Lipinski definition) is 4. The van der Waals surface area contributed by atoms with Gasteiger partial charge in [0.25, 0.3) is 0 Å². The molecule has 2 heterocycles. The Hall–Kier alpha value is -1.11. The van der Waals surface area contributed by atoms with Gasteiger partial charge in [0, 0.05) is 19.2 Å². The fourth-order valence-corrected chi connectivity index (χ4v) is 3.79. The number of sulfonamides is 1. The van der Waals surface area contributed by atoms with Gasteiger partial charge in [-0.15, -0.1) is 0 Å². The molecule has 1 aliphatic heterocycles. The number of furan rings is 1. The summed E-state index contributed by atoms with van der Waals surface area (Å²) in [6, 6.07) is 1.64. The summed E-state index contributed by atoms with van der Waals surface area (Å²) < 4.78 is 32.3. The van der Waals surface area contributed by atoms with Gasteiger partial charge in [-0.2, -0.15) is 4.31 Å². The molecule has 0 amide bonds. The van der Waals surface area contributed by atoms with Crippen LogP contribution in [0.5, 0.6) is 0 Å². The lowest BCUT2D eigenvalue weighted by Gasteiger charge is -2.24. The molecular formula is C14H22N2O3S. The Morgan fingerprint density at radius 1 is 1.40 bits per heavy atom. The summed E-state index contributed by atoms with van der Waals surface area (Å²) in [7, 11) is -3.45. The molecule has 0 radical (unpaired) electrons. The third-order valence-corrected chi connectivity index (χ3v) is 5.46. The van der Waals surface area contributed by atoms with Crippen LogP contribution in [0, 0.1) is 6.92 Å². The van der Waals surface area contributed by atoms with Crippen molar-refractivity contribution in [3.05, 3.63) is 29.2 Å². The Labute approximate surface area is 120 Å². The summed E-state index contributed by atoms with van der Waals surface area (Å²) in [5.74, 6) is 1.12. The Kier molecular flexibility index (Phi) is 4.67. The highest BCUT2D eigenvalue weighted by Gasteiger charge is 2.29. The normalized spacial score (nSPS) is 17.2. The maximum atomic E-state index is 12.6. The van der Waals surface area contributed by atoms with E-state index in [-0.39, 0.29) is 0 Å². The van der Waals surface area contributed by atoms with Crippen LogP contribution >= 0.6 is 0 Å². The highest BCUT2D eigenvalue weighted by molar-refractivity contribution is 7.89. The minimum atomic E-state index is -3.45. The molecule has 1 N–H and O–H groups in total. The molecule has 0 fully saturated rings. The summed E-state index contributed by atoms with van der Waals surface area (Å²) in [6.45, 7) is 8.08. The number of aryl methyl sites for hydroxylation is 1. The Bertz CT molecular complexity index is 602. The fraction of sp³-hybridized carbons (Fsp3) is 0.571. The zero-order chi connectivity index (χ0) is 14.8. The Balaban J connectivity index is 2.23. The van der Waals surface area contributed by atoms with E-state index >= 15 is 0 Å². The molecule has 0 spiro atoms. The zero-order valence-electron chi connectivity index (χ0n) is 12.3. The first-order valence-electron chi connectivity index (χ1n) is 6.91. The van der Waals surface area contributed by atoms with Gasteiger partial charge in [0.05, 0.1) is 6.54 Å². The van der Waals surface area contributed by atoms with Crippen LogP contribution in [0.1, 0.15) is 31.8 Å². The molecule has 0 saturated carbocycles. The second kappa shape index (κ2) is 6.11. The lowest BCUT2D eigenvalue weighted by molar-refractivity contribution is 0.426. The van der Waals surface area contributed by atoms with E-state index in [0.29, 0.717) is 36.1 Å². The van der Waals surface area contributed by atoms with E-state index in [1.165, 1.54) is 9.88 Å². The van der Waals surface area contributed by atoms with E-state index < -0.39 is 10.0 Å². The first-order valence-corrected chi connectivity index (χ1v) is 8.35. The van der Waals surface area contributed by atoms with Gasteiger partial charge in [0.15, 0.2) is 0 Å². The van der Waals surface area contributed by atoms with Gasteiger partial charge in [0.1, 0.15) is 16.4 Å². The molecule has 0 aromatic carbocycles. The highest BCUT2D eigenvalue weighted by atomic mass is 32.2. The van der Waals surface area contributed by atoms with Crippen molar-refractivity contribution in [3.8, 4) is 0 Å². The summed E-state index contributed by atoms with van der Waals surface area (Å²) in [6.07, 6.45) is 2.76. The molecule has 1 aliphatic rings. The summed E-state index contributed by atoms with van der Waals surface area (Å²) in [5.41, 5.74) is 1.24. The first-order chi connectivity index (χ1) is 9.45. The summed E-state index contributed by atoms with van der Waals surface area (Å²) in [4.78, 5) is 0.290. The SMILES string of the molecule is CCNCc1cc(S(=O)(=O)N2CC=C(C)CC2)c(C)o1. The average Bonchev–Trinajstić information content (AvgIpc) is 2.79. The molecule has 0 saturated heterocycles. The maximum Gasteiger partial charge on any atom is 0.246 e. The Morgan fingerprint density at radius 2 is 2.15 bits per heavy atom. The van der Waals surface area contributed by atoms with E-state index in [1.54, 1.807) is 13.0 Å². The Morgan fingerprint density at radius 3 is 2.75 bits per heavy atom. The van der Waals surface area contributed by atoms with Gasteiger partial charge in [-0.1, -0.05) is 18.6 Å². The molecule has 0 unspecified atom stereocenters. The monoisotopic (exact) mass is 298 g/mol. The molecule has 0 aliphatic carbocycles. The summed E-state index contributed by atoms with van der Waals surface area (Å²) in [5, 5.41) is 3.13. The van der Waals surface area contributed by atoms with Crippen molar-refractivity contribution in [2.75, 3.05) is 19.6 Å². The van der Waals surface area contributed by atoms with E-state index in [2.05, 4.69) is 5.32 Å². The van der Waals surface area contributed by atoms with Crippen LogP contribution in [-0.4, -0.2) is 32.4 Å². The van der Waals surface area contributed by atoms with Crippen LogP contribution in [0.3, 0.4) is 0 Å². The minimum absolute atomic E-state index is 0.290. The fourth-order valence-electron chi connectivity index (χ4n) is 2.23. The number of nitrogens with zero attached hydrogens (tertiary/aromatic N) is 1. The highest BCUT2D eigenvalue weighted by Crippen LogP contribution is 2.25. The van der Waals surface area contributed by atoms with Crippen molar-refractivity contribution in [3.63, 3.8) is 0 Å².